The SMILES string of the molecule is [B][P@]1(=O)OC[C@H]2O[C@@H](n3cnc4c(N)ncnc43)[C@H](F)[C@@H]2O[P@](=O)(SCc2ccc(NC(=O)CNC(=O)CCCCCn3nnc4c3-c3ccccc3N(C(=O)CC)Cc3ccccc3-4)cc2)OC[C@H]2O[C@@H](n3cnc4c(N)ncnc43)[C@H](F)[C@@H]2O1. The number of aromatic nitrogens is 11. The Bertz CT molecular complexity index is 3960. The van der Waals surface area contributed by atoms with Crippen LogP contribution in [0.3, 0.4) is 0 Å². The summed E-state index contributed by atoms with van der Waals surface area (Å²) in [6.07, 6.45) is -6.73. The first-order chi connectivity index (χ1) is 41.5. The molecule has 9 heterocycles. The van der Waals surface area contributed by atoms with E-state index in [4.69, 9.17) is 46.6 Å². The Kier molecular flexibility index (Phi) is 16.8. The van der Waals surface area contributed by atoms with Crippen LogP contribution < -0.4 is 27.0 Å². The highest BCUT2D eigenvalue weighted by Gasteiger charge is 2.55. The number of nitrogens with one attached hydrogen (secondary N) is 2. The molecule has 0 aliphatic carbocycles. The van der Waals surface area contributed by atoms with Crippen LogP contribution in [0.2, 0.25) is 0 Å². The third-order valence-electron chi connectivity index (χ3n) is 14.9. The molecule has 2 radical (unpaired) electrons. The van der Waals surface area contributed by atoms with Gasteiger partial charge in [0.2, 0.25) is 25.3 Å². The van der Waals surface area contributed by atoms with Crippen molar-refractivity contribution in [2.75, 3.05) is 41.4 Å². The van der Waals surface area contributed by atoms with Gasteiger partial charge in [0.15, 0.2) is 47.7 Å². The largest absolute Gasteiger partial charge is 0.389 e. The summed E-state index contributed by atoms with van der Waals surface area (Å²) in [5.41, 5.74) is 18.4. The number of carbonyl (C=O) groups excluding carboxylic acids is 3. The van der Waals surface area contributed by atoms with E-state index in [0.29, 0.717) is 61.4 Å². The predicted octanol–water partition coefficient (Wildman–Crippen LogP) is 6.93. The van der Waals surface area contributed by atoms with Gasteiger partial charge in [-0.25, -0.2) is 47.9 Å². The average molecular weight is 1230 g/mol. The molecule has 33 heteroatoms. The lowest BCUT2D eigenvalue weighted by molar-refractivity contribution is -0.124. The fourth-order valence-electron chi connectivity index (χ4n) is 10.7. The molecule has 4 aliphatic rings. The first-order valence-electron chi connectivity index (χ1n) is 27.4. The third kappa shape index (κ3) is 12.0. The van der Waals surface area contributed by atoms with Crippen LogP contribution in [0.5, 0.6) is 0 Å². The van der Waals surface area contributed by atoms with E-state index >= 15 is 13.3 Å². The summed E-state index contributed by atoms with van der Waals surface area (Å²) in [7, 11) is 1.32. The summed E-state index contributed by atoms with van der Waals surface area (Å²) < 4.78 is 102. The monoisotopic (exact) mass is 1230 g/mol. The van der Waals surface area contributed by atoms with Gasteiger partial charge in [0.25, 0.3) is 7.47 Å². The number of fused-ring (bicyclic) bond motifs is 9. The summed E-state index contributed by atoms with van der Waals surface area (Å²) in [6.45, 7) is -3.64. The molecule has 86 heavy (non-hydrogen) atoms. The zero-order chi connectivity index (χ0) is 59.9. The zero-order valence-electron chi connectivity index (χ0n) is 45.8. The summed E-state index contributed by atoms with van der Waals surface area (Å²) in [5, 5.41) is 14.6. The number of nitrogens with two attached hydrogens (primary N) is 2. The Morgan fingerprint density at radius 3 is 2.06 bits per heavy atom. The number of benzene rings is 3. The number of para-hydroxylation sites is 1. The number of ether oxygens (including phenoxy) is 2. The number of amides is 3. The Hall–Kier alpha value is -7.60. The zero-order valence-corrected chi connectivity index (χ0v) is 48.4. The maximum atomic E-state index is 17.0. The molecule has 6 N–H and O–H groups in total. The van der Waals surface area contributed by atoms with Crippen LogP contribution in [0.15, 0.2) is 98.1 Å². The van der Waals surface area contributed by atoms with Crippen molar-refractivity contribution in [3.05, 3.63) is 109 Å². The maximum absolute atomic E-state index is 17.0. The van der Waals surface area contributed by atoms with Gasteiger partial charge in [0.1, 0.15) is 53.8 Å². The Morgan fingerprint density at radius 1 is 0.756 bits per heavy atom. The number of hydrogen-bond donors (Lipinski definition) is 4. The second kappa shape index (κ2) is 24.6. The molecule has 0 saturated carbocycles. The molecule has 4 aliphatic heterocycles. The van der Waals surface area contributed by atoms with Crippen molar-refractivity contribution >= 4 is 96.3 Å². The van der Waals surface area contributed by atoms with Crippen molar-refractivity contribution in [2.45, 2.75) is 107 Å². The van der Waals surface area contributed by atoms with E-state index in [2.05, 4.69) is 50.8 Å². The number of halogens is 2. The van der Waals surface area contributed by atoms with Crippen LogP contribution in [0, 0.1) is 0 Å². The fraction of sp³-hybridized carbons (Fsp3) is 0.377. The van der Waals surface area contributed by atoms with Gasteiger partial charge in [-0.1, -0.05) is 73.2 Å². The highest BCUT2D eigenvalue weighted by Crippen LogP contribution is 2.65. The summed E-state index contributed by atoms with van der Waals surface area (Å²) in [6, 6.07) is 22.1. The van der Waals surface area contributed by atoms with E-state index in [1.807, 2.05) is 65.0 Å². The van der Waals surface area contributed by atoms with Crippen LogP contribution in [0.25, 0.3) is 44.8 Å². The molecule has 0 unspecified atom stereocenters. The van der Waals surface area contributed by atoms with E-state index < -0.39 is 82.6 Å². The quantitative estimate of drug-likeness (QED) is 0.0459. The number of hydrogen-bond acceptors (Lipinski definition) is 22. The molecular formula is C53H55BF2N16O11P2S. The average Bonchev–Trinajstić information content (AvgIpc) is 1.92. The van der Waals surface area contributed by atoms with E-state index in [-0.39, 0.29) is 64.5 Å². The number of nitrogen functional groups attached to an aromatic ring is 2. The van der Waals surface area contributed by atoms with Gasteiger partial charge in [-0.05, 0) is 53.5 Å². The lowest BCUT2D eigenvalue weighted by Gasteiger charge is -2.30. The van der Waals surface area contributed by atoms with Gasteiger partial charge < -0.3 is 45.5 Å². The fourth-order valence-corrected chi connectivity index (χ4v) is 15.1. The van der Waals surface area contributed by atoms with Gasteiger partial charge >= 0.3 is 6.80 Å². The van der Waals surface area contributed by atoms with Crippen LogP contribution in [0.1, 0.15) is 62.6 Å². The molecule has 10 atom stereocenters. The normalized spacial score (nSPS) is 25.6. The van der Waals surface area contributed by atoms with E-state index in [9.17, 15) is 18.9 Å². The Balaban J connectivity index is 0.675. The number of aryl methyl sites for hydroxylation is 1. The molecule has 3 aromatic carbocycles. The smallest absolute Gasteiger partial charge is 0.382 e. The van der Waals surface area contributed by atoms with E-state index in [1.165, 1.54) is 21.8 Å². The number of nitrogens with zero attached hydrogens (tertiary/aromatic N) is 12. The van der Waals surface area contributed by atoms with Crippen molar-refractivity contribution in [2.24, 2.45) is 0 Å². The standard InChI is InChI=1S/C53H55BF2N16O11P2S/c1-2-39(75)69-21-30-10-5-6-11-32(30)42-45(33-12-7-8-13-34(33)69)72(68-67-42)19-9-3-4-14-37(73)59-20-38(74)66-31-17-15-29(16-18-31)24-86-85(77)79-23-36-46(40(55)52(81-36)70-27-64-43-48(57)60-25-62-50(43)70)82-84(54,76)78-22-35-47(83-85)41(56)53(80-35)71-28-65-44-49(58)61-26-63-51(44)71/h5-8,10-13,15-18,25-28,35-36,40-41,46-47,52-53H,2-4,9,14,19-24H2,1H3,(H,59,73)(H,66,74)(H2,57,60,62)(H2,58,61,63)/t35-,36-,40-,41-,46-,47-,52-,53-,84+,85-/m1/s1. The van der Waals surface area contributed by atoms with Gasteiger partial charge in [-0.3, -0.25) is 37.1 Å². The molecule has 0 spiro atoms. The third-order valence-corrected chi connectivity index (χ3v) is 19.6. The number of imidazole rings is 2. The van der Waals surface area contributed by atoms with Crippen molar-refractivity contribution in [1.29, 1.82) is 0 Å². The van der Waals surface area contributed by atoms with Crippen LogP contribution >= 0.6 is 25.7 Å². The van der Waals surface area contributed by atoms with Crippen molar-refractivity contribution in [3.63, 3.8) is 0 Å². The highest BCUT2D eigenvalue weighted by atomic mass is 32.7. The number of carbonyl (C=O) groups is 3. The van der Waals surface area contributed by atoms with E-state index in [0.717, 1.165) is 46.4 Å². The van der Waals surface area contributed by atoms with Crippen molar-refractivity contribution in [1.82, 2.24) is 59.3 Å². The van der Waals surface area contributed by atoms with Crippen LogP contribution in [0.4, 0.5) is 31.8 Å². The lowest BCUT2D eigenvalue weighted by atomic mass is 9.95. The first-order valence-corrected chi connectivity index (χ1v) is 32.1. The topological polar surface area (TPSA) is 338 Å². The minimum absolute atomic E-state index is 0.00347. The Labute approximate surface area is 493 Å². The highest BCUT2D eigenvalue weighted by molar-refractivity contribution is 8.54. The second-order valence-electron chi connectivity index (χ2n) is 20.5. The van der Waals surface area contributed by atoms with Gasteiger partial charge in [-0.15, -0.1) is 5.10 Å². The van der Waals surface area contributed by atoms with Crippen LogP contribution in [-0.4, -0.2) is 136 Å². The van der Waals surface area contributed by atoms with Crippen LogP contribution in [-0.2, 0) is 69.9 Å². The molecule has 3 amide bonds. The van der Waals surface area contributed by atoms with Gasteiger partial charge in [-0.2, -0.15) is 0 Å². The second-order valence-corrected chi connectivity index (χ2v) is 26.1. The molecule has 0 bridgehead atoms. The van der Waals surface area contributed by atoms with Gasteiger partial charge in [0.05, 0.1) is 50.3 Å². The predicted molar refractivity (Wildman–Crippen MR) is 310 cm³/mol. The molecule has 27 nitrogen and oxygen atoms in total. The molecule has 12 rings (SSSR count). The number of rotatable bonds is 15. The summed E-state index contributed by atoms with van der Waals surface area (Å²) >= 11 is 0.660. The molecule has 5 aromatic heterocycles. The van der Waals surface area contributed by atoms with Crippen molar-refractivity contribution in [3.8, 4) is 22.5 Å². The first kappa shape index (κ1) is 58.8. The molecule has 446 valence electrons. The molecule has 3 saturated heterocycles. The molecule has 8 aromatic rings. The van der Waals surface area contributed by atoms with E-state index in [1.54, 1.807) is 24.3 Å². The maximum Gasteiger partial charge on any atom is 0.389 e. The van der Waals surface area contributed by atoms with Gasteiger partial charge in [0, 0.05) is 42.0 Å². The number of alkyl halides is 2. The molecule has 3 fully saturated rings. The lowest BCUT2D eigenvalue weighted by Crippen LogP contribution is -2.37. The minimum Gasteiger partial charge on any atom is -0.382 e. The summed E-state index contributed by atoms with van der Waals surface area (Å²) in [5.74, 6) is -0.853. The summed E-state index contributed by atoms with van der Waals surface area (Å²) in [4.78, 5) is 65.6. The molecular weight excluding hydrogens is 1180 g/mol. The minimum atomic E-state index is -4.73. The number of unbranched alkanes of at least 4 members (excludes halogenated alkanes) is 2. The Morgan fingerprint density at radius 2 is 1.38 bits per heavy atom. The van der Waals surface area contributed by atoms with Crippen molar-refractivity contribution < 1.29 is 59.9 Å². The number of anilines is 4.